The van der Waals surface area contributed by atoms with E-state index in [4.69, 9.17) is 11.6 Å². The molecule has 1 aromatic carbocycles. The molecule has 4 heteroatoms. The van der Waals surface area contributed by atoms with Crippen LogP contribution in [0.3, 0.4) is 0 Å². The molecule has 3 nitrogen and oxygen atoms in total. The Morgan fingerprint density at radius 2 is 1.50 bits per heavy atom. The Kier molecular flexibility index (Phi) is 2.72. The summed E-state index contributed by atoms with van der Waals surface area (Å²) in [5, 5.41) is 11.2. The first kappa shape index (κ1) is 11.1. The van der Waals surface area contributed by atoms with Gasteiger partial charge in [0.25, 0.3) is 0 Å². The number of halogens is 1. The number of nitrogens with zero attached hydrogens (tertiary/aromatic N) is 3. The Balaban J connectivity index is 2.84. The molecule has 2 rings (SSSR count). The summed E-state index contributed by atoms with van der Waals surface area (Å²) in [6.07, 6.45) is 0. The molecule has 0 aliphatic carbocycles. The summed E-state index contributed by atoms with van der Waals surface area (Å²) < 4.78 is 0. The number of aryl methyl sites for hydroxylation is 2. The average Bonchev–Trinajstić information content (AvgIpc) is 2.23. The van der Waals surface area contributed by atoms with Crippen LogP contribution in [-0.4, -0.2) is 24.3 Å². The van der Waals surface area contributed by atoms with Crippen molar-refractivity contribution < 1.29 is 0 Å². The van der Waals surface area contributed by atoms with E-state index in [-0.39, 0.29) is 0 Å². The van der Waals surface area contributed by atoms with Crippen molar-refractivity contribution in [2.45, 2.75) is 13.8 Å². The third-order valence-electron chi connectivity index (χ3n) is 2.70. The molecule has 0 spiro atoms. The lowest BCUT2D eigenvalue weighted by Crippen LogP contribution is -2.09. The van der Waals surface area contributed by atoms with Crippen LogP contribution in [0.2, 0.25) is 5.02 Å². The molecule has 0 bridgehead atoms. The monoisotopic (exact) mass is 235 g/mol. The van der Waals surface area contributed by atoms with Crippen LogP contribution < -0.4 is 4.90 Å². The van der Waals surface area contributed by atoms with Crippen molar-refractivity contribution in [2.75, 3.05) is 19.0 Å². The lowest BCUT2D eigenvalue weighted by molar-refractivity contribution is 0.964. The van der Waals surface area contributed by atoms with E-state index in [9.17, 15) is 0 Å². The average molecular weight is 236 g/mol. The maximum atomic E-state index is 6.23. The van der Waals surface area contributed by atoms with Gasteiger partial charge < -0.3 is 4.90 Å². The van der Waals surface area contributed by atoms with Gasteiger partial charge in [-0.25, -0.2) is 0 Å². The van der Waals surface area contributed by atoms with E-state index in [1.165, 1.54) is 0 Å². The van der Waals surface area contributed by atoms with Gasteiger partial charge in [-0.2, -0.15) is 10.2 Å². The quantitative estimate of drug-likeness (QED) is 0.761. The van der Waals surface area contributed by atoms with Gasteiger partial charge in [0.2, 0.25) is 0 Å². The Morgan fingerprint density at radius 3 is 2.00 bits per heavy atom. The Bertz CT molecular complexity index is 549. The summed E-state index contributed by atoms with van der Waals surface area (Å²) in [4.78, 5) is 2.00. The second kappa shape index (κ2) is 3.91. The number of hydrogen-bond donors (Lipinski definition) is 0. The van der Waals surface area contributed by atoms with Gasteiger partial charge in [0.1, 0.15) is 0 Å². The van der Waals surface area contributed by atoms with Crippen LogP contribution in [0.1, 0.15) is 11.4 Å². The SMILES string of the molecule is Cc1nnc(C)c2cc(N(C)C)c(Cl)cc12. The van der Waals surface area contributed by atoms with Crippen molar-refractivity contribution in [3.63, 3.8) is 0 Å². The zero-order chi connectivity index (χ0) is 11.9. The first-order chi connectivity index (χ1) is 7.50. The second-order valence-corrected chi connectivity index (χ2v) is 4.52. The molecule has 84 valence electrons. The smallest absolute Gasteiger partial charge is 0.0679 e. The predicted molar refractivity (Wildman–Crippen MR) is 68.3 cm³/mol. The van der Waals surface area contributed by atoms with Crippen LogP contribution >= 0.6 is 11.6 Å². The lowest BCUT2D eigenvalue weighted by atomic mass is 10.1. The van der Waals surface area contributed by atoms with Crippen LogP contribution in [0.15, 0.2) is 12.1 Å². The van der Waals surface area contributed by atoms with Crippen LogP contribution in [0.25, 0.3) is 10.8 Å². The normalized spacial score (nSPS) is 10.8. The van der Waals surface area contributed by atoms with Gasteiger partial charge in [0.05, 0.1) is 22.1 Å². The van der Waals surface area contributed by atoms with E-state index in [1.807, 2.05) is 38.9 Å². The first-order valence-corrected chi connectivity index (χ1v) is 5.49. The highest BCUT2D eigenvalue weighted by molar-refractivity contribution is 6.34. The number of anilines is 1. The molecule has 0 radical (unpaired) electrons. The zero-order valence-electron chi connectivity index (χ0n) is 9.87. The highest BCUT2D eigenvalue weighted by atomic mass is 35.5. The molecule has 0 fully saturated rings. The third kappa shape index (κ3) is 1.71. The van der Waals surface area contributed by atoms with Crippen molar-refractivity contribution in [1.29, 1.82) is 0 Å². The molecule has 0 saturated heterocycles. The lowest BCUT2D eigenvalue weighted by Gasteiger charge is -2.16. The van der Waals surface area contributed by atoms with Crippen molar-refractivity contribution in [1.82, 2.24) is 10.2 Å². The van der Waals surface area contributed by atoms with Gasteiger partial charge in [0.15, 0.2) is 0 Å². The predicted octanol–water partition coefficient (Wildman–Crippen LogP) is 2.97. The van der Waals surface area contributed by atoms with Gasteiger partial charge in [-0.1, -0.05) is 11.6 Å². The fourth-order valence-electron chi connectivity index (χ4n) is 1.76. The van der Waals surface area contributed by atoms with Crippen molar-refractivity contribution >= 4 is 28.1 Å². The van der Waals surface area contributed by atoms with E-state index in [1.54, 1.807) is 0 Å². The number of rotatable bonds is 1. The molecular weight excluding hydrogens is 222 g/mol. The fraction of sp³-hybridized carbons (Fsp3) is 0.333. The highest BCUT2D eigenvalue weighted by Crippen LogP contribution is 2.31. The molecule has 0 atom stereocenters. The summed E-state index contributed by atoms with van der Waals surface area (Å²) in [7, 11) is 3.95. The van der Waals surface area contributed by atoms with Gasteiger partial charge in [0, 0.05) is 24.9 Å². The number of hydrogen-bond acceptors (Lipinski definition) is 3. The van der Waals surface area contributed by atoms with Crippen LogP contribution in [0.4, 0.5) is 5.69 Å². The van der Waals surface area contributed by atoms with Crippen LogP contribution in [-0.2, 0) is 0 Å². The number of benzene rings is 1. The fourth-order valence-corrected chi connectivity index (χ4v) is 2.09. The van der Waals surface area contributed by atoms with E-state index < -0.39 is 0 Å². The van der Waals surface area contributed by atoms with Crippen LogP contribution in [0.5, 0.6) is 0 Å². The summed E-state index contributed by atoms with van der Waals surface area (Å²) in [6.45, 7) is 3.91. The second-order valence-electron chi connectivity index (χ2n) is 4.11. The maximum absolute atomic E-state index is 6.23. The van der Waals surface area contributed by atoms with Crippen LogP contribution in [0, 0.1) is 13.8 Å². The Labute approximate surface area is 100 Å². The summed E-state index contributed by atoms with van der Waals surface area (Å²) >= 11 is 6.23. The molecule has 2 aromatic rings. The molecule has 1 heterocycles. The molecule has 0 saturated carbocycles. The molecule has 1 aromatic heterocycles. The topological polar surface area (TPSA) is 29.0 Å². The molecule has 0 N–H and O–H groups in total. The van der Waals surface area contributed by atoms with E-state index >= 15 is 0 Å². The minimum Gasteiger partial charge on any atom is -0.376 e. The van der Waals surface area contributed by atoms with Gasteiger partial charge in [-0.3, -0.25) is 0 Å². The number of fused-ring (bicyclic) bond motifs is 1. The Morgan fingerprint density at radius 1 is 1.00 bits per heavy atom. The first-order valence-electron chi connectivity index (χ1n) is 5.11. The molecule has 0 amide bonds. The summed E-state index contributed by atoms with van der Waals surface area (Å²) in [5.74, 6) is 0. The molecular formula is C12H14ClN3. The van der Waals surface area contributed by atoms with Gasteiger partial charge in [-0.15, -0.1) is 0 Å². The molecule has 0 unspecified atom stereocenters. The zero-order valence-corrected chi connectivity index (χ0v) is 10.6. The van der Waals surface area contributed by atoms with Crippen molar-refractivity contribution in [2.24, 2.45) is 0 Å². The number of aromatic nitrogens is 2. The van der Waals surface area contributed by atoms with Crippen molar-refractivity contribution in [3.8, 4) is 0 Å². The maximum Gasteiger partial charge on any atom is 0.0679 e. The van der Waals surface area contributed by atoms with Gasteiger partial charge >= 0.3 is 0 Å². The van der Waals surface area contributed by atoms with E-state index in [2.05, 4.69) is 16.3 Å². The highest BCUT2D eigenvalue weighted by Gasteiger charge is 2.09. The van der Waals surface area contributed by atoms with E-state index in [0.29, 0.717) is 0 Å². The van der Waals surface area contributed by atoms with Crippen molar-refractivity contribution in [3.05, 3.63) is 28.5 Å². The molecule has 0 aliphatic heterocycles. The third-order valence-corrected chi connectivity index (χ3v) is 3.00. The summed E-state index contributed by atoms with van der Waals surface area (Å²) in [5.41, 5.74) is 2.85. The van der Waals surface area contributed by atoms with Gasteiger partial charge in [-0.05, 0) is 26.0 Å². The largest absolute Gasteiger partial charge is 0.376 e. The Hall–Kier alpha value is -1.35. The minimum absolute atomic E-state index is 0.744. The standard InChI is InChI=1S/C12H14ClN3/c1-7-9-5-11(13)12(16(3)4)6-10(9)8(2)15-14-7/h5-6H,1-4H3. The summed E-state index contributed by atoms with van der Waals surface area (Å²) in [6, 6.07) is 4.03. The minimum atomic E-state index is 0.744. The molecule has 16 heavy (non-hydrogen) atoms. The van der Waals surface area contributed by atoms with E-state index in [0.717, 1.165) is 32.9 Å². The molecule has 0 aliphatic rings.